The third-order valence-corrected chi connectivity index (χ3v) is 2.31. The van der Waals surface area contributed by atoms with E-state index >= 15 is 0 Å². The standard InChI is InChI=1S/C12H10ClN3O/c1-8(17)14-10-7-11(13)15-16-12(10)9-5-3-2-4-6-9/h2-7H,1H3,(H,14,15,17). The third-order valence-electron chi connectivity index (χ3n) is 2.12. The van der Waals surface area contributed by atoms with Gasteiger partial charge in [0.2, 0.25) is 5.91 Å². The molecule has 0 saturated carbocycles. The van der Waals surface area contributed by atoms with Gasteiger partial charge in [0, 0.05) is 18.6 Å². The first-order chi connectivity index (χ1) is 8.16. The van der Waals surface area contributed by atoms with E-state index in [4.69, 9.17) is 11.6 Å². The Morgan fingerprint density at radius 1 is 1.24 bits per heavy atom. The highest BCUT2D eigenvalue weighted by molar-refractivity contribution is 6.29. The van der Waals surface area contributed by atoms with Crippen molar-refractivity contribution in [2.45, 2.75) is 6.92 Å². The van der Waals surface area contributed by atoms with Crippen LogP contribution in [0, 0.1) is 0 Å². The lowest BCUT2D eigenvalue weighted by atomic mass is 10.1. The average molecular weight is 248 g/mol. The molecule has 1 aromatic heterocycles. The van der Waals surface area contributed by atoms with Crippen LogP contribution in [0.25, 0.3) is 11.3 Å². The van der Waals surface area contributed by atoms with E-state index in [9.17, 15) is 4.79 Å². The van der Waals surface area contributed by atoms with E-state index in [1.807, 2.05) is 30.3 Å². The second-order valence-electron chi connectivity index (χ2n) is 3.48. The molecule has 0 atom stereocenters. The summed E-state index contributed by atoms with van der Waals surface area (Å²) >= 11 is 5.76. The van der Waals surface area contributed by atoms with E-state index in [-0.39, 0.29) is 11.1 Å². The summed E-state index contributed by atoms with van der Waals surface area (Å²) in [5.74, 6) is -0.175. The first-order valence-corrected chi connectivity index (χ1v) is 5.41. The highest BCUT2D eigenvalue weighted by Gasteiger charge is 2.09. The quantitative estimate of drug-likeness (QED) is 0.888. The van der Waals surface area contributed by atoms with Gasteiger partial charge in [0.15, 0.2) is 5.15 Å². The Morgan fingerprint density at radius 2 is 1.94 bits per heavy atom. The Balaban J connectivity index is 2.50. The molecule has 1 amide bonds. The van der Waals surface area contributed by atoms with E-state index in [2.05, 4.69) is 15.5 Å². The van der Waals surface area contributed by atoms with Gasteiger partial charge in [0.05, 0.1) is 5.69 Å². The number of aromatic nitrogens is 2. The number of nitrogens with zero attached hydrogens (tertiary/aromatic N) is 2. The molecule has 4 nitrogen and oxygen atoms in total. The number of benzene rings is 1. The minimum atomic E-state index is -0.175. The largest absolute Gasteiger partial charge is 0.324 e. The van der Waals surface area contributed by atoms with Gasteiger partial charge in [-0.1, -0.05) is 41.9 Å². The summed E-state index contributed by atoms with van der Waals surface area (Å²) in [6.07, 6.45) is 0. The summed E-state index contributed by atoms with van der Waals surface area (Å²) in [7, 11) is 0. The van der Waals surface area contributed by atoms with Crippen LogP contribution < -0.4 is 5.32 Å². The summed E-state index contributed by atoms with van der Waals surface area (Å²) in [4.78, 5) is 11.1. The molecular formula is C12H10ClN3O. The molecule has 2 aromatic rings. The van der Waals surface area contributed by atoms with Gasteiger partial charge in [-0.3, -0.25) is 4.79 Å². The Hall–Kier alpha value is -1.94. The summed E-state index contributed by atoms with van der Waals surface area (Å²) in [6, 6.07) is 11.1. The van der Waals surface area contributed by atoms with Gasteiger partial charge >= 0.3 is 0 Å². The van der Waals surface area contributed by atoms with Crippen LogP contribution in [0.1, 0.15) is 6.92 Å². The first-order valence-electron chi connectivity index (χ1n) is 5.03. The van der Waals surface area contributed by atoms with Crippen molar-refractivity contribution in [1.82, 2.24) is 10.2 Å². The maximum atomic E-state index is 11.1. The maximum absolute atomic E-state index is 11.1. The molecule has 0 aliphatic heterocycles. The van der Waals surface area contributed by atoms with Gasteiger partial charge in [-0.15, -0.1) is 10.2 Å². The van der Waals surface area contributed by atoms with Crippen molar-refractivity contribution in [3.63, 3.8) is 0 Å². The summed E-state index contributed by atoms with van der Waals surface area (Å²) in [5.41, 5.74) is 2.04. The zero-order chi connectivity index (χ0) is 12.3. The first kappa shape index (κ1) is 11.5. The lowest BCUT2D eigenvalue weighted by Crippen LogP contribution is -2.08. The second-order valence-corrected chi connectivity index (χ2v) is 3.86. The lowest BCUT2D eigenvalue weighted by molar-refractivity contribution is -0.114. The zero-order valence-corrected chi connectivity index (χ0v) is 9.90. The Labute approximate surface area is 104 Å². The van der Waals surface area contributed by atoms with Crippen LogP contribution in [0.3, 0.4) is 0 Å². The molecule has 0 unspecified atom stereocenters. The van der Waals surface area contributed by atoms with Crippen LogP contribution in [-0.4, -0.2) is 16.1 Å². The number of hydrogen-bond donors (Lipinski definition) is 1. The third kappa shape index (κ3) is 2.79. The molecule has 1 aromatic carbocycles. The maximum Gasteiger partial charge on any atom is 0.221 e. The van der Waals surface area contributed by atoms with Gasteiger partial charge in [-0.05, 0) is 0 Å². The van der Waals surface area contributed by atoms with Crippen LogP contribution in [0.15, 0.2) is 36.4 Å². The van der Waals surface area contributed by atoms with Crippen molar-refractivity contribution >= 4 is 23.2 Å². The minimum Gasteiger partial charge on any atom is -0.324 e. The van der Waals surface area contributed by atoms with Crippen LogP contribution in [-0.2, 0) is 4.79 Å². The Bertz CT molecular complexity index is 543. The van der Waals surface area contributed by atoms with E-state index in [1.165, 1.54) is 6.92 Å². The fourth-order valence-electron chi connectivity index (χ4n) is 1.46. The van der Waals surface area contributed by atoms with Gasteiger partial charge < -0.3 is 5.32 Å². The van der Waals surface area contributed by atoms with Crippen molar-refractivity contribution in [1.29, 1.82) is 0 Å². The van der Waals surface area contributed by atoms with Crippen molar-refractivity contribution in [3.8, 4) is 11.3 Å². The molecule has 0 saturated heterocycles. The number of rotatable bonds is 2. The van der Waals surface area contributed by atoms with Gasteiger partial charge in [-0.2, -0.15) is 0 Å². The molecule has 5 heteroatoms. The Kier molecular flexibility index (Phi) is 3.35. The van der Waals surface area contributed by atoms with E-state index < -0.39 is 0 Å². The fraction of sp³-hybridized carbons (Fsp3) is 0.0833. The molecule has 0 bridgehead atoms. The van der Waals surface area contributed by atoms with Crippen molar-refractivity contribution < 1.29 is 4.79 Å². The molecule has 86 valence electrons. The van der Waals surface area contributed by atoms with Crippen LogP contribution >= 0.6 is 11.6 Å². The molecule has 1 heterocycles. The molecular weight excluding hydrogens is 238 g/mol. The van der Waals surface area contributed by atoms with Crippen molar-refractivity contribution in [2.24, 2.45) is 0 Å². The molecule has 17 heavy (non-hydrogen) atoms. The van der Waals surface area contributed by atoms with Crippen molar-refractivity contribution in [2.75, 3.05) is 5.32 Å². The number of anilines is 1. The second kappa shape index (κ2) is 4.93. The number of hydrogen-bond acceptors (Lipinski definition) is 3. The summed E-state index contributed by atoms with van der Waals surface area (Å²) in [6.45, 7) is 1.43. The number of halogens is 1. The Morgan fingerprint density at radius 3 is 2.59 bits per heavy atom. The predicted octanol–water partition coefficient (Wildman–Crippen LogP) is 2.76. The highest BCUT2D eigenvalue weighted by atomic mass is 35.5. The summed E-state index contributed by atoms with van der Waals surface area (Å²) in [5, 5.41) is 10.7. The molecule has 2 rings (SSSR count). The molecule has 1 N–H and O–H groups in total. The number of amides is 1. The van der Waals surface area contributed by atoms with Crippen LogP contribution in [0.4, 0.5) is 5.69 Å². The normalized spacial score (nSPS) is 10.0. The number of carbonyl (C=O) groups is 1. The van der Waals surface area contributed by atoms with Crippen LogP contribution in [0.5, 0.6) is 0 Å². The minimum absolute atomic E-state index is 0.175. The summed E-state index contributed by atoms with van der Waals surface area (Å²) < 4.78 is 0. The number of nitrogens with one attached hydrogen (secondary N) is 1. The van der Waals surface area contributed by atoms with Crippen LogP contribution in [0.2, 0.25) is 5.15 Å². The van der Waals surface area contributed by atoms with E-state index in [0.29, 0.717) is 11.4 Å². The van der Waals surface area contributed by atoms with Gasteiger partial charge in [-0.25, -0.2) is 0 Å². The van der Waals surface area contributed by atoms with Crippen molar-refractivity contribution in [3.05, 3.63) is 41.6 Å². The van der Waals surface area contributed by atoms with E-state index in [1.54, 1.807) is 6.07 Å². The monoisotopic (exact) mass is 247 g/mol. The van der Waals surface area contributed by atoms with Gasteiger partial charge in [0.25, 0.3) is 0 Å². The molecule has 0 fully saturated rings. The van der Waals surface area contributed by atoms with E-state index in [0.717, 1.165) is 5.56 Å². The SMILES string of the molecule is CC(=O)Nc1cc(Cl)nnc1-c1ccccc1. The zero-order valence-electron chi connectivity index (χ0n) is 9.14. The average Bonchev–Trinajstić information content (AvgIpc) is 2.29. The topological polar surface area (TPSA) is 54.9 Å². The molecule has 0 spiro atoms. The highest BCUT2D eigenvalue weighted by Crippen LogP contribution is 2.26. The molecule has 0 aliphatic rings. The smallest absolute Gasteiger partial charge is 0.221 e. The number of carbonyl (C=O) groups excluding carboxylic acids is 1. The molecule has 0 radical (unpaired) electrons. The molecule has 0 aliphatic carbocycles. The lowest BCUT2D eigenvalue weighted by Gasteiger charge is -2.08. The van der Waals surface area contributed by atoms with Gasteiger partial charge in [0.1, 0.15) is 5.69 Å². The fourth-order valence-corrected chi connectivity index (χ4v) is 1.61. The predicted molar refractivity (Wildman–Crippen MR) is 66.8 cm³/mol.